The van der Waals surface area contributed by atoms with Crippen LogP contribution in [-0.4, -0.2) is 72.8 Å². The van der Waals surface area contributed by atoms with Crippen LogP contribution in [0.2, 0.25) is 5.02 Å². The summed E-state index contributed by atoms with van der Waals surface area (Å²) >= 11 is 6.38. The summed E-state index contributed by atoms with van der Waals surface area (Å²) in [6, 6.07) is 12.6. The van der Waals surface area contributed by atoms with Crippen LogP contribution in [0.25, 0.3) is 0 Å². The Labute approximate surface area is 257 Å². The van der Waals surface area contributed by atoms with Gasteiger partial charge in [0, 0.05) is 49.4 Å². The molecule has 1 aliphatic carbocycles. The molecule has 1 amide bonds. The number of methoxy groups -OCH3 is 1. The maximum absolute atomic E-state index is 12.4. The Balaban J connectivity index is 1.24. The second-order valence-corrected chi connectivity index (χ2v) is 11.6. The molecule has 10 nitrogen and oxygen atoms in total. The van der Waals surface area contributed by atoms with Crippen LogP contribution >= 0.6 is 11.6 Å². The second-order valence-electron chi connectivity index (χ2n) is 11.2. The molecular weight excluding hydrogens is 566 g/mol. The highest BCUT2D eigenvalue weighted by atomic mass is 35.5. The molecule has 1 aromatic heterocycles. The summed E-state index contributed by atoms with van der Waals surface area (Å²) in [7, 11) is 1.64. The van der Waals surface area contributed by atoms with E-state index in [0.29, 0.717) is 35.4 Å². The zero-order valence-electron chi connectivity index (χ0n) is 24.7. The standard InChI is InChI=1S/C32H38ClN7O3/c1-4-32(41)37-26-17-27(29(42-3)18-28(26)39-13-11-38(12-14-39)23-8-9-23)36-30-19-31(35-20-34-30)40-24(10-15-43-40)16-22-6-5-7-25(33)21(22)2/h4-7,17-20,23-24H,1,8-16H2,2-3H3,(H,37,41)(H,34,35,36). The Kier molecular flexibility index (Phi) is 8.69. The first kappa shape index (κ1) is 29.2. The van der Waals surface area contributed by atoms with E-state index in [1.807, 2.05) is 42.3 Å². The minimum Gasteiger partial charge on any atom is -0.494 e. The van der Waals surface area contributed by atoms with Crippen molar-refractivity contribution in [1.29, 1.82) is 0 Å². The van der Waals surface area contributed by atoms with E-state index >= 15 is 0 Å². The topological polar surface area (TPSA) is 95.1 Å². The number of hydrogen-bond donors (Lipinski definition) is 2. The number of halogens is 1. The minimum absolute atomic E-state index is 0.106. The van der Waals surface area contributed by atoms with E-state index in [-0.39, 0.29) is 11.9 Å². The van der Waals surface area contributed by atoms with Gasteiger partial charge < -0.3 is 20.3 Å². The fraction of sp³-hybridized carbons (Fsp3) is 0.406. The third-order valence-electron chi connectivity index (χ3n) is 8.47. The van der Waals surface area contributed by atoms with Crippen molar-refractivity contribution in [2.45, 2.75) is 44.7 Å². The molecule has 2 saturated heterocycles. The van der Waals surface area contributed by atoms with E-state index in [0.717, 1.165) is 61.3 Å². The molecule has 3 aromatic rings. The number of carbonyl (C=O) groups is 1. The number of nitrogens with one attached hydrogen (secondary N) is 2. The molecule has 6 rings (SSSR count). The van der Waals surface area contributed by atoms with Gasteiger partial charge >= 0.3 is 0 Å². The van der Waals surface area contributed by atoms with Gasteiger partial charge in [0.25, 0.3) is 0 Å². The molecule has 2 aliphatic heterocycles. The molecule has 2 aromatic carbocycles. The summed E-state index contributed by atoms with van der Waals surface area (Å²) in [5.41, 5.74) is 4.54. The average molecular weight is 604 g/mol. The maximum Gasteiger partial charge on any atom is 0.247 e. The number of benzene rings is 2. The first-order chi connectivity index (χ1) is 20.9. The quantitative estimate of drug-likeness (QED) is 0.297. The zero-order valence-corrected chi connectivity index (χ0v) is 25.4. The van der Waals surface area contributed by atoms with E-state index in [1.165, 1.54) is 30.8 Å². The first-order valence-electron chi connectivity index (χ1n) is 14.8. The van der Waals surface area contributed by atoms with E-state index in [9.17, 15) is 4.79 Å². The van der Waals surface area contributed by atoms with Crippen LogP contribution < -0.4 is 25.3 Å². The third-order valence-corrected chi connectivity index (χ3v) is 8.88. The second kappa shape index (κ2) is 12.8. The predicted molar refractivity (Wildman–Crippen MR) is 171 cm³/mol. The van der Waals surface area contributed by atoms with Crippen LogP contribution in [0, 0.1) is 6.92 Å². The van der Waals surface area contributed by atoms with Crippen molar-refractivity contribution in [1.82, 2.24) is 14.9 Å². The van der Waals surface area contributed by atoms with E-state index in [2.05, 4.69) is 43.0 Å². The summed E-state index contributed by atoms with van der Waals surface area (Å²) in [6.45, 7) is 10.0. The fourth-order valence-corrected chi connectivity index (χ4v) is 6.09. The van der Waals surface area contributed by atoms with Gasteiger partial charge in [0.1, 0.15) is 17.9 Å². The van der Waals surface area contributed by atoms with Crippen LogP contribution in [0.15, 0.2) is 55.4 Å². The van der Waals surface area contributed by atoms with Gasteiger partial charge in [-0.15, -0.1) is 0 Å². The normalized spacial score (nSPS) is 18.9. The molecule has 3 heterocycles. The van der Waals surface area contributed by atoms with E-state index < -0.39 is 0 Å². The van der Waals surface area contributed by atoms with Gasteiger partial charge in [-0.2, -0.15) is 0 Å². The highest BCUT2D eigenvalue weighted by Gasteiger charge is 2.32. The molecule has 1 unspecified atom stereocenters. The van der Waals surface area contributed by atoms with Crippen molar-refractivity contribution in [3.05, 3.63) is 71.5 Å². The highest BCUT2D eigenvalue weighted by molar-refractivity contribution is 6.31. The summed E-state index contributed by atoms with van der Waals surface area (Å²) in [5.74, 6) is 1.60. The molecule has 3 aliphatic rings. The lowest BCUT2D eigenvalue weighted by Crippen LogP contribution is -2.47. The van der Waals surface area contributed by atoms with Crippen LogP contribution in [-0.2, 0) is 16.1 Å². The summed E-state index contributed by atoms with van der Waals surface area (Å²) in [4.78, 5) is 32.3. The molecule has 2 N–H and O–H groups in total. The lowest BCUT2D eigenvalue weighted by Gasteiger charge is -2.37. The lowest BCUT2D eigenvalue weighted by atomic mass is 9.99. The zero-order chi connectivity index (χ0) is 29.9. The maximum atomic E-state index is 12.4. The number of amides is 1. The van der Waals surface area contributed by atoms with Gasteiger partial charge in [0.15, 0.2) is 5.82 Å². The fourth-order valence-electron chi connectivity index (χ4n) is 5.90. The SMILES string of the molecule is C=CC(=O)Nc1cc(Nc2cc(N3OCCC3Cc3cccc(Cl)c3C)ncn2)c(OC)cc1N1CCN(C2CC2)CC1. The predicted octanol–water partition coefficient (Wildman–Crippen LogP) is 5.35. The molecule has 3 fully saturated rings. The molecule has 43 heavy (non-hydrogen) atoms. The molecule has 0 radical (unpaired) electrons. The van der Waals surface area contributed by atoms with Crippen LogP contribution in [0.3, 0.4) is 0 Å². The monoisotopic (exact) mass is 603 g/mol. The highest BCUT2D eigenvalue weighted by Crippen LogP contribution is 2.40. The van der Waals surface area contributed by atoms with E-state index in [4.69, 9.17) is 21.2 Å². The van der Waals surface area contributed by atoms with Crippen molar-refractivity contribution < 1.29 is 14.4 Å². The lowest BCUT2D eigenvalue weighted by molar-refractivity contribution is -0.111. The van der Waals surface area contributed by atoms with Crippen molar-refractivity contribution in [2.75, 3.05) is 60.5 Å². The van der Waals surface area contributed by atoms with Crippen LogP contribution in [0.5, 0.6) is 5.75 Å². The molecule has 11 heteroatoms. The summed E-state index contributed by atoms with van der Waals surface area (Å²) < 4.78 is 5.82. The molecular formula is C32H38ClN7O3. The Morgan fingerprint density at radius 2 is 1.95 bits per heavy atom. The molecule has 1 saturated carbocycles. The van der Waals surface area contributed by atoms with Gasteiger partial charge in [0.05, 0.1) is 36.8 Å². The van der Waals surface area contributed by atoms with E-state index in [1.54, 1.807) is 7.11 Å². The van der Waals surface area contributed by atoms with Gasteiger partial charge in [-0.3, -0.25) is 14.5 Å². The number of hydrogen-bond acceptors (Lipinski definition) is 9. The van der Waals surface area contributed by atoms with Gasteiger partial charge in [0.2, 0.25) is 5.91 Å². The number of ether oxygens (including phenoxy) is 1. The van der Waals surface area contributed by atoms with Crippen molar-refractivity contribution >= 4 is 46.2 Å². The molecule has 0 spiro atoms. The first-order valence-corrected chi connectivity index (χ1v) is 15.2. The van der Waals surface area contributed by atoms with Crippen molar-refractivity contribution in [2.24, 2.45) is 0 Å². The van der Waals surface area contributed by atoms with Gasteiger partial charge in [-0.25, -0.2) is 15.0 Å². The number of hydroxylamine groups is 1. The van der Waals surface area contributed by atoms with Gasteiger partial charge in [-0.05, 0) is 61.9 Å². The van der Waals surface area contributed by atoms with Gasteiger partial charge in [-0.1, -0.05) is 30.3 Å². The molecule has 1 atom stereocenters. The third kappa shape index (κ3) is 6.56. The number of carbonyl (C=O) groups excluding carboxylic acids is 1. The number of anilines is 5. The summed E-state index contributed by atoms with van der Waals surface area (Å²) in [6.07, 6.45) is 7.05. The number of nitrogens with zero attached hydrogens (tertiary/aromatic N) is 5. The Bertz CT molecular complexity index is 1490. The number of aromatic nitrogens is 2. The number of piperazine rings is 1. The smallest absolute Gasteiger partial charge is 0.247 e. The Morgan fingerprint density at radius 1 is 1.14 bits per heavy atom. The van der Waals surface area contributed by atoms with Crippen molar-refractivity contribution in [3.63, 3.8) is 0 Å². The summed E-state index contributed by atoms with van der Waals surface area (Å²) in [5, 5.41) is 9.01. The Morgan fingerprint density at radius 3 is 2.70 bits per heavy atom. The minimum atomic E-state index is -0.273. The van der Waals surface area contributed by atoms with Crippen molar-refractivity contribution in [3.8, 4) is 5.75 Å². The number of rotatable bonds is 10. The van der Waals surface area contributed by atoms with Crippen LogP contribution in [0.4, 0.5) is 28.7 Å². The molecule has 0 bridgehead atoms. The average Bonchev–Trinajstić information content (AvgIpc) is 3.78. The van der Waals surface area contributed by atoms with Crippen LogP contribution in [0.1, 0.15) is 30.4 Å². The largest absolute Gasteiger partial charge is 0.494 e. The molecule has 226 valence electrons. The Hall–Kier alpha value is -3.86.